The van der Waals surface area contributed by atoms with Crippen molar-refractivity contribution in [2.45, 2.75) is 32.0 Å². The maximum atomic E-state index is 14.9. The lowest BCUT2D eigenvalue weighted by molar-refractivity contribution is -0.0598. The summed E-state index contributed by atoms with van der Waals surface area (Å²) in [5, 5.41) is 18.2. The van der Waals surface area contributed by atoms with Gasteiger partial charge in [-0.2, -0.15) is 0 Å². The molecule has 1 saturated carbocycles. The van der Waals surface area contributed by atoms with Crippen molar-refractivity contribution in [3.63, 3.8) is 0 Å². The number of rotatable bonds is 6. The Labute approximate surface area is 241 Å². The van der Waals surface area contributed by atoms with Gasteiger partial charge in [-0.3, -0.25) is 18.8 Å². The van der Waals surface area contributed by atoms with E-state index in [4.69, 9.17) is 4.84 Å². The fourth-order valence-electron chi connectivity index (χ4n) is 4.69. The monoisotopic (exact) mass is 662 g/mol. The van der Waals surface area contributed by atoms with Gasteiger partial charge in [-0.25, -0.2) is 19.0 Å². The zero-order valence-electron chi connectivity index (χ0n) is 22.2. The quantitative estimate of drug-likeness (QED) is 0.272. The Bertz CT molecular complexity index is 1770. The minimum Gasteiger partial charge on any atom is -0.369 e. The molecule has 0 radical (unpaired) electrons. The molecule has 3 N–H and O–H groups in total. The number of aliphatic hydroxyl groups is 1. The number of anilines is 2. The Hall–Kier alpha value is -3.69. The lowest BCUT2D eigenvalue weighted by atomic mass is 10.1. The van der Waals surface area contributed by atoms with Crippen molar-refractivity contribution in [3.8, 4) is 5.69 Å². The number of amides is 2. The standard InChI is InChI=1S/C27H28FIN6O5/c1-14-22-21(23(32(2)24(14)36)31-20-11-8-15(29)12-19(20)28)25(37)35(17-9-10-17)27(39)34(22)18-7-5-6-16(13-18)30-26(38)33(3)40-4/h5-8,11-13,17,24,31,36H,9-10H2,1-4H3,(H,30,38). The molecule has 11 nitrogen and oxygen atoms in total. The first-order valence-electron chi connectivity index (χ1n) is 12.5. The second-order valence-corrected chi connectivity index (χ2v) is 10.9. The summed E-state index contributed by atoms with van der Waals surface area (Å²) in [6.07, 6.45) is 0.119. The number of carbonyl (C=O) groups excluding carboxylic acids is 1. The summed E-state index contributed by atoms with van der Waals surface area (Å²) in [5.74, 6) is -0.372. The van der Waals surface area contributed by atoms with Gasteiger partial charge in [0, 0.05) is 35.0 Å². The van der Waals surface area contributed by atoms with Crippen LogP contribution in [0.3, 0.4) is 0 Å². The molecule has 210 valence electrons. The third kappa shape index (κ3) is 4.88. The molecule has 2 aromatic carbocycles. The van der Waals surface area contributed by atoms with Gasteiger partial charge in [0.05, 0.1) is 23.8 Å². The van der Waals surface area contributed by atoms with E-state index in [1.54, 1.807) is 50.4 Å². The highest BCUT2D eigenvalue weighted by Crippen LogP contribution is 2.32. The molecule has 1 atom stereocenters. The van der Waals surface area contributed by atoms with Gasteiger partial charge in [-0.05, 0) is 78.8 Å². The Morgan fingerprint density at radius 1 is 1.20 bits per heavy atom. The first-order valence-corrected chi connectivity index (χ1v) is 13.6. The second-order valence-electron chi connectivity index (χ2n) is 9.67. The van der Waals surface area contributed by atoms with E-state index in [-0.39, 0.29) is 28.1 Å². The van der Waals surface area contributed by atoms with E-state index >= 15 is 0 Å². The van der Waals surface area contributed by atoms with Crippen LogP contribution < -0.4 is 32.5 Å². The average Bonchev–Trinajstić information content (AvgIpc) is 3.76. The number of nitrogens with one attached hydrogen (secondary N) is 2. The minimum atomic E-state index is -1.22. The Balaban J connectivity index is 1.82. The van der Waals surface area contributed by atoms with Gasteiger partial charge < -0.3 is 20.6 Å². The third-order valence-electron chi connectivity index (χ3n) is 7.02. The van der Waals surface area contributed by atoms with Gasteiger partial charge in [0.25, 0.3) is 5.56 Å². The van der Waals surface area contributed by atoms with E-state index in [1.807, 2.05) is 22.6 Å². The minimum absolute atomic E-state index is 0.113. The molecule has 0 saturated heterocycles. The number of hydroxylamine groups is 2. The number of carbonyl (C=O) groups is 1. The molecular formula is C27H28FIN6O5. The van der Waals surface area contributed by atoms with Crippen LogP contribution in [-0.4, -0.2) is 57.7 Å². The van der Waals surface area contributed by atoms with Crippen molar-refractivity contribution < 1.29 is 19.1 Å². The van der Waals surface area contributed by atoms with Gasteiger partial charge in [0.15, 0.2) is 6.23 Å². The maximum Gasteiger partial charge on any atom is 0.345 e. The molecule has 1 aliphatic carbocycles. The molecule has 0 bridgehead atoms. The molecule has 13 heteroatoms. The lowest BCUT2D eigenvalue weighted by Crippen LogP contribution is -2.64. The zero-order valence-corrected chi connectivity index (χ0v) is 24.4. The van der Waals surface area contributed by atoms with Gasteiger partial charge in [-0.15, -0.1) is 0 Å². The second kappa shape index (κ2) is 10.7. The molecule has 5 rings (SSSR count). The van der Waals surface area contributed by atoms with Crippen LogP contribution in [-0.2, 0) is 4.84 Å². The molecule has 1 unspecified atom stereocenters. The van der Waals surface area contributed by atoms with Crippen molar-refractivity contribution in [2.75, 3.05) is 31.8 Å². The van der Waals surface area contributed by atoms with Crippen LogP contribution in [0, 0.1) is 9.39 Å². The summed E-state index contributed by atoms with van der Waals surface area (Å²) in [6.45, 7) is 1.64. The van der Waals surface area contributed by atoms with Crippen LogP contribution in [0.15, 0.2) is 52.1 Å². The summed E-state index contributed by atoms with van der Waals surface area (Å²) >= 11 is 2.00. The van der Waals surface area contributed by atoms with Gasteiger partial charge >= 0.3 is 11.7 Å². The van der Waals surface area contributed by atoms with Crippen LogP contribution in [0.2, 0.25) is 0 Å². The van der Waals surface area contributed by atoms with E-state index in [0.717, 1.165) is 5.06 Å². The Morgan fingerprint density at radius 3 is 2.58 bits per heavy atom. The third-order valence-corrected chi connectivity index (χ3v) is 7.69. The molecule has 2 heterocycles. The van der Waals surface area contributed by atoms with Crippen LogP contribution in [0.1, 0.15) is 25.8 Å². The highest BCUT2D eigenvalue weighted by molar-refractivity contribution is 14.1. The van der Waals surface area contributed by atoms with Crippen molar-refractivity contribution >= 4 is 51.4 Å². The predicted octanol–water partition coefficient (Wildman–Crippen LogP) is 1.72. The number of hydrogen-bond acceptors (Lipinski definition) is 7. The van der Waals surface area contributed by atoms with Crippen molar-refractivity contribution in [2.24, 2.45) is 0 Å². The summed E-state index contributed by atoms with van der Waals surface area (Å²) in [4.78, 5) is 46.6. The highest BCUT2D eigenvalue weighted by atomic mass is 127. The number of aromatic nitrogens is 2. The van der Waals surface area contributed by atoms with Crippen molar-refractivity contribution in [1.29, 1.82) is 0 Å². The smallest absolute Gasteiger partial charge is 0.345 e. The van der Waals surface area contributed by atoms with Crippen molar-refractivity contribution in [1.82, 2.24) is 19.1 Å². The summed E-state index contributed by atoms with van der Waals surface area (Å²) < 4.78 is 18.2. The Morgan fingerprint density at radius 2 is 1.93 bits per heavy atom. The van der Waals surface area contributed by atoms with Gasteiger partial charge in [0.2, 0.25) is 0 Å². The fourth-order valence-corrected chi connectivity index (χ4v) is 5.15. The van der Waals surface area contributed by atoms with E-state index in [1.165, 1.54) is 34.3 Å². The first-order chi connectivity index (χ1) is 19.0. The largest absolute Gasteiger partial charge is 0.369 e. The molecular weight excluding hydrogens is 634 g/mol. The topological polar surface area (TPSA) is 121 Å². The highest BCUT2D eigenvalue weighted by Gasteiger charge is 2.33. The average molecular weight is 662 g/mol. The molecule has 1 aromatic heterocycles. The molecule has 1 fully saturated rings. The summed E-state index contributed by atoms with van der Waals surface area (Å²) in [6, 6.07) is 10.4. The number of urea groups is 1. The fraction of sp³-hybridized carbons (Fsp3) is 0.296. The first kappa shape index (κ1) is 27.9. The van der Waals surface area contributed by atoms with Crippen LogP contribution in [0.4, 0.5) is 20.6 Å². The van der Waals surface area contributed by atoms with Gasteiger partial charge in [-0.1, -0.05) is 6.07 Å². The molecule has 2 aliphatic rings. The number of aliphatic hydroxyl groups excluding tert-OH is 1. The van der Waals surface area contributed by atoms with Gasteiger partial charge in [0.1, 0.15) is 16.9 Å². The summed E-state index contributed by atoms with van der Waals surface area (Å²) in [5.41, 5.74) is 0.116. The molecule has 3 aromatic rings. The number of fused-ring (bicyclic) bond motifs is 1. The zero-order chi connectivity index (χ0) is 28.9. The normalized spacial score (nSPS) is 16.6. The lowest BCUT2D eigenvalue weighted by Gasteiger charge is -2.33. The number of benzene rings is 2. The maximum absolute atomic E-state index is 14.9. The molecule has 0 spiro atoms. The van der Waals surface area contributed by atoms with E-state index in [2.05, 4.69) is 10.6 Å². The van der Waals surface area contributed by atoms with Crippen LogP contribution in [0.5, 0.6) is 0 Å². The van der Waals surface area contributed by atoms with Crippen LogP contribution >= 0.6 is 22.6 Å². The van der Waals surface area contributed by atoms with E-state index < -0.39 is 29.3 Å². The predicted molar refractivity (Wildman–Crippen MR) is 157 cm³/mol. The SMILES string of the molecule is CON(C)C(=O)Nc1cccc(-n2c3c(c(=O)n(C4CC4)c2=O)=C(Nc2ccc(I)cc2F)N(C)C(O)C=3C)c1. The molecule has 2 amide bonds. The van der Waals surface area contributed by atoms with Crippen LogP contribution in [0.25, 0.3) is 17.1 Å². The van der Waals surface area contributed by atoms with E-state index in [9.17, 15) is 23.9 Å². The summed E-state index contributed by atoms with van der Waals surface area (Å²) in [7, 11) is 4.39. The molecule has 40 heavy (non-hydrogen) atoms. The number of halogens is 2. The van der Waals surface area contributed by atoms with Crippen molar-refractivity contribution in [3.05, 3.63) is 83.3 Å². The molecule has 1 aliphatic heterocycles. The Kier molecular flexibility index (Phi) is 7.46. The number of nitrogens with zero attached hydrogens (tertiary/aromatic N) is 4. The van der Waals surface area contributed by atoms with E-state index in [0.29, 0.717) is 33.4 Å². The number of hydrogen-bond donors (Lipinski definition) is 3.